The summed E-state index contributed by atoms with van der Waals surface area (Å²) in [5, 5.41) is 2.72. The first-order chi connectivity index (χ1) is 11.5. The molecular formula is C17H25NO6S. The number of hydrogen-bond acceptors (Lipinski definition) is 6. The van der Waals surface area contributed by atoms with Gasteiger partial charge in [-0.2, -0.15) is 8.42 Å². The zero-order chi connectivity index (χ0) is 19.0. The summed E-state index contributed by atoms with van der Waals surface area (Å²) in [4.78, 5) is 23.0. The molecule has 7 nitrogen and oxygen atoms in total. The van der Waals surface area contributed by atoms with Crippen molar-refractivity contribution in [1.29, 1.82) is 0 Å². The molecule has 1 unspecified atom stereocenters. The van der Waals surface area contributed by atoms with Crippen LogP contribution >= 0.6 is 0 Å². The van der Waals surface area contributed by atoms with E-state index in [1.807, 2.05) is 0 Å². The molecule has 0 aliphatic heterocycles. The van der Waals surface area contributed by atoms with Crippen molar-refractivity contribution in [3.63, 3.8) is 0 Å². The second kappa shape index (κ2) is 9.41. The third kappa shape index (κ3) is 9.71. The maximum atomic E-state index is 11.9. The predicted molar refractivity (Wildman–Crippen MR) is 93.6 cm³/mol. The van der Waals surface area contributed by atoms with Gasteiger partial charge in [0.15, 0.2) is 0 Å². The van der Waals surface area contributed by atoms with Crippen molar-refractivity contribution in [1.82, 2.24) is 5.32 Å². The van der Waals surface area contributed by atoms with Crippen LogP contribution in [0.15, 0.2) is 24.3 Å². The summed E-state index contributed by atoms with van der Waals surface area (Å²) in [6, 6.07) is 6.57. The van der Waals surface area contributed by atoms with Gasteiger partial charge in [0, 0.05) is 13.5 Å². The molecule has 8 heteroatoms. The largest absolute Gasteiger partial charge is 0.463 e. The van der Waals surface area contributed by atoms with Crippen molar-refractivity contribution in [3.8, 4) is 5.75 Å². The SMILES string of the molecule is CC(=O)NCC(CC(=O)OC(C)C)Cc1ccc(OS(C)(=O)=O)cc1. The van der Waals surface area contributed by atoms with Gasteiger partial charge in [0.05, 0.1) is 18.8 Å². The summed E-state index contributed by atoms with van der Waals surface area (Å²) in [6.07, 6.45) is 1.50. The fraction of sp³-hybridized carbons (Fsp3) is 0.529. The van der Waals surface area contributed by atoms with E-state index in [9.17, 15) is 18.0 Å². The van der Waals surface area contributed by atoms with E-state index < -0.39 is 10.1 Å². The Kier molecular flexibility index (Phi) is 7.89. The maximum Gasteiger partial charge on any atom is 0.306 e. The first kappa shape index (κ1) is 21.0. The van der Waals surface area contributed by atoms with Gasteiger partial charge in [0.1, 0.15) is 5.75 Å². The van der Waals surface area contributed by atoms with Gasteiger partial charge in [0.25, 0.3) is 0 Å². The van der Waals surface area contributed by atoms with E-state index in [1.165, 1.54) is 6.92 Å². The first-order valence-corrected chi connectivity index (χ1v) is 9.79. The summed E-state index contributed by atoms with van der Waals surface area (Å²) in [6.45, 7) is 5.33. The van der Waals surface area contributed by atoms with Gasteiger partial charge < -0.3 is 14.2 Å². The fourth-order valence-corrected chi connectivity index (χ4v) is 2.70. The zero-order valence-corrected chi connectivity index (χ0v) is 15.8. The Balaban J connectivity index is 2.75. The molecule has 0 radical (unpaired) electrons. The molecule has 0 spiro atoms. The second-order valence-corrected chi connectivity index (χ2v) is 7.76. The summed E-state index contributed by atoms with van der Waals surface area (Å²) in [5.74, 6) is -0.387. The number of hydrogen-bond donors (Lipinski definition) is 1. The molecule has 1 aromatic carbocycles. The Hall–Kier alpha value is -2.09. The van der Waals surface area contributed by atoms with E-state index in [-0.39, 0.29) is 36.1 Å². The summed E-state index contributed by atoms with van der Waals surface area (Å²) in [7, 11) is -3.57. The highest BCUT2D eigenvalue weighted by Gasteiger charge is 2.17. The maximum absolute atomic E-state index is 11.9. The molecule has 25 heavy (non-hydrogen) atoms. The van der Waals surface area contributed by atoms with Crippen LogP contribution in [-0.4, -0.2) is 39.2 Å². The third-order valence-electron chi connectivity index (χ3n) is 3.16. The Morgan fingerprint density at radius 3 is 2.24 bits per heavy atom. The predicted octanol–water partition coefficient (Wildman–Crippen LogP) is 1.66. The van der Waals surface area contributed by atoms with Crippen LogP contribution in [0.3, 0.4) is 0 Å². The van der Waals surface area contributed by atoms with Gasteiger partial charge in [-0.05, 0) is 43.9 Å². The van der Waals surface area contributed by atoms with E-state index in [1.54, 1.807) is 38.1 Å². The topological polar surface area (TPSA) is 98.8 Å². The van der Waals surface area contributed by atoms with Gasteiger partial charge in [-0.15, -0.1) is 0 Å². The monoisotopic (exact) mass is 371 g/mol. The molecule has 0 saturated heterocycles. The number of amides is 1. The number of ether oxygens (including phenoxy) is 1. The highest BCUT2D eigenvalue weighted by molar-refractivity contribution is 7.86. The fourth-order valence-electron chi connectivity index (χ4n) is 2.24. The highest BCUT2D eigenvalue weighted by Crippen LogP contribution is 2.18. The molecule has 0 fully saturated rings. The van der Waals surface area contributed by atoms with Crippen molar-refractivity contribution in [2.75, 3.05) is 12.8 Å². The van der Waals surface area contributed by atoms with Crippen molar-refractivity contribution in [2.45, 2.75) is 39.7 Å². The molecule has 1 N–H and O–H groups in total. The molecule has 0 aromatic heterocycles. The van der Waals surface area contributed by atoms with Crippen molar-refractivity contribution < 1.29 is 26.9 Å². The molecular weight excluding hydrogens is 346 g/mol. The Bertz CT molecular complexity index is 682. The van der Waals surface area contributed by atoms with Crippen LogP contribution in [0.4, 0.5) is 0 Å². The van der Waals surface area contributed by atoms with Crippen LogP contribution in [0.1, 0.15) is 32.8 Å². The van der Waals surface area contributed by atoms with Gasteiger partial charge in [0.2, 0.25) is 5.91 Å². The number of carbonyl (C=O) groups is 2. The van der Waals surface area contributed by atoms with Crippen LogP contribution < -0.4 is 9.50 Å². The van der Waals surface area contributed by atoms with Crippen molar-refractivity contribution in [2.24, 2.45) is 5.92 Å². The number of rotatable bonds is 9. The molecule has 0 saturated carbocycles. The molecule has 1 amide bonds. The van der Waals surface area contributed by atoms with Gasteiger partial charge in [-0.3, -0.25) is 9.59 Å². The van der Waals surface area contributed by atoms with Crippen molar-refractivity contribution >= 4 is 22.0 Å². The Labute approximate surface area is 148 Å². The van der Waals surface area contributed by atoms with Gasteiger partial charge in [-0.25, -0.2) is 0 Å². The number of benzene rings is 1. The molecule has 0 bridgehead atoms. The smallest absolute Gasteiger partial charge is 0.306 e. The van der Waals surface area contributed by atoms with E-state index in [2.05, 4.69) is 5.32 Å². The first-order valence-electron chi connectivity index (χ1n) is 7.97. The number of esters is 1. The molecule has 1 atom stereocenters. The minimum absolute atomic E-state index is 0.128. The lowest BCUT2D eigenvalue weighted by Gasteiger charge is -2.18. The molecule has 0 aliphatic rings. The van der Waals surface area contributed by atoms with Gasteiger partial charge in [-0.1, -0.05) is 12.1 Å². The van der Waals surface area contributed by atoms with Crippen LogP contribution in [0.2, 0.25) is 0 Å². The van der Waals surface area contributed by atoms with E-state index in [0.717, 1.165) is 11.8 Å². The van der Waals surface area contributed by atoms with Crippen LogP contribution in [0, 0.1) is 5.92 Å². The molecule has 1 aromatic rings. The third-order valence-corrected chi connectivity index (χ3v) is 3.65. The zero-order valence-electron chi connectivity index (χ0n) is 14.9. The van der Waals surface area contributed by atoms with E-state index in [4.69, 9.17) is 8.92 Å². The minimum Gasteiger partial charge on any atom is -0.463 e. The summed E-state index contributed by atoms with van der Waals surface area (Å²) >= 11 is 0. The van der Waals surface area contributed by atoms with Crippen molar-refractivity contribution in [3.05, 3.63) is 29.8 Å². The average Bonchev–Trinajstić information content (AvgIpc) is 2.44. The normalized spacial score (nSPS) is 12.5. The van der Waals surface area contributed by atoms with Crippen LogP contribution in [-0.2, 0) is 30.9 Å². The highest BCUT2D eigenvalue weighted by atomic mass is 32.2. The van der Waals surface area contributed by atoms with Crippen LogP contribution in [0.5, 0.6) is 5.75 Å². The van der Waals surface area contributed by atoms with Crippen LogP contribution in [0.25, 0.3) is 0 Å². The number of nitrogens with one attached hydrogen (secondary N) is 1. The lowest BCUT2D eigenvalue weighted by Crippen LogP contribution is -2.30. The number of carbonyl (C=O) groups excluding carboxylic acids is 2. The Morgan fingerprint density at radius 2 is 1.76 bits per heavy atom. The molecule has 0 aliphatic carbocycles. The van der Waals surface area contributed by atoms with Gasteiger partial charge >= 0.3 is 16.1 Å². The van der Waals surface area contributed by atoms with E-state index >= 15 is 0 Å². The minimum atomic E-state index is -3.57. The summed E-state index contributed by atoms with van der Waals surface area (Å²) in [5.41, 5.74) is 0.897. The molecule has 1 rings (SSSR count). The van der Waals surface area contributed by atoms with E-state index in [0.29, 0.717) is 13.0 Å². The lowest BCUT2D eigenvalue weighted by atomic mass is 9.96. The standard InChI is InChI=1S/C17H25NO6S/c1-12(2)23-17(20)10-15(11-18-13(3)19)9-14-5-7-16(8-6-14)24-25(4,21)22/h5-8,12,15H,9-11H2,1-4H3,(H,18,19). The summed E-state index contributed by atoms with van der Waals surface area (Å²) < 4.78 is 32.2. The average molecular weight is 371 g/mol. The second-order valence-electron chi connectivity index (χ2n) is 6.18. The molecule has 0 heterocycles. The molecule has 140 valence electrons. The Morgan fingerprint density at radius 1 is 1.16 bits per heavy atom. The lowest BCUT2D eigenvalue weighted by molar-refractivity contribution is -0.148. The quantitative estimate of drug-likeness (QED) is 0.524.